The molecule has 0 saturated carbocycles. The fourth-order valence-electron chi connectivity index (χ4n) is 3.12. The van der Waals surface area contributed by atoms with Gasteiger partial charge in [-0.1, -0.05) is 47.6 Å². The standard InChI is InChI=1S/C22H18ClN5OS/c1-14-20(15-7-9-16(23)10-8-15)21(27-18-6-3-2-5-17(18)26-14)28-19(29)13-30-22-24-11-4-12-25-22/h2-12,20H,13H2,1H3,(H,27,28,29)/t20-/m0/s1. The molecule has 3 aromatic rings. The summed E-state index contributed by atoms with van der Waals surface area (Å²) in [7, 11) is 0. The Bertz CT molecular complexity index is 1120. The van der Waals surface area contributed by atoms with Crippen molar-refractivity contribution in [1.29, 1.82) is 0 Å². The summed E-state index contributed by atoms with van der Waals surface area (Å²) in [6.45, 7) is 1.94. The van der Waals surface area contributed by atoms with Gasteiger partial charge in [0.25, 0.3) is 0 Å². The Balaban J connectivity index is 1.64. The Morgan fingerprint density at radius 2 is 1.67 bits per heavy atom. The Morgan fingerprint density at radius 3 is 2.37 bits per heavy atom. The number of aromatic nitrogens is 2. The van der Waals surface area contributed by atoms with Gasteiger partial charge >= 0.3 is 0 Å². The van der Waals surface area contributed by atoms with Crippen molar-refractivity contribution < 1.29 is 4.79 Å². The van der Waals surface area contributed by atoms with E-state index in [2.05, 4.69) is 15.3 Å². The van der Waals surface area contributed by atoms with Crippen LogP contribution in [0, 0.1) is 0 Å². The van der Waals surface area contributed by atoms with Crippen LogP contribution >= 0.6 is 23.4 Å². The number of para-hydroxylation sites is 2. The quantitative estimate of drug-likeness (QED) is 0.464. The second kappa shape index (κ2) is 9.19. The third kappa shape index (κ3) is 4.75. The van der Waals surface area contributed by atoms with Crippen molar-refractivity contribution in [2.24, 2.45) is 9.98 Å². The minimum Gasteiger partial charge on any atom is -0.313 e. The van der Waals surface area contributed by atoms with Gasteiger partial charge in [-0.05, 0) is 42.8 Å². The molecule has 0 saturated heterocycles. The van der Waals surface area contributed by atoms with Gasteiger partial charge in [-0.3, -0.25) is 9.79 Å². The molecule has 8 heteroatoms. The van der Waals surface area contributed by atoms with Gasteiger partial charge in [-0.2, -0.15) is 0 Å². The van der Waals surface area contributed by atoms with E-state index in [0.29, 0.717) is 21.7 Å². The molecule has 0 unspecified atom stereocenters. The maximum Gasteiger partial charge on any atom is 0.235 e. The maximum atomic E-state index is 12.7. The lowest BCUT2D eigenvalue weighted by Gasteiger charge is -2.19. The Labute approximate surface area is 183 Å². The van der Waals surface area contributed by atoms with Crippen LogP contribution in [0.2, 0.25) is 5.02 Å². The lowest BCUT2D eigenvalue weighted by molar-refractivity contribution is -0.117. The predicted octanol–water partition coefficient (Wildman–Crippen LogP) is 4.96. The fraction of sp³-hybridized carbons (Fsp3) is 0.136. The number of halogens is 1. The first kappa shape index (κ1) is 20.3. The topological polar surface area (TPSA) is 79.6 Å². The van der Waals surface area contributed by atoms with E-state index in [1.54, 1.807) is 18.5 Å². The van der Waals surface area contributed by atoms with E-state index >= 15 is 0 Å². The average Bonchev–Trinajstić information content (AvgIpc) is 2.89. The molecule has 1 N–H and O–H groups in total. The molecular weight excluding hydrogens is 418 g/mol. The number of carbonyl (C=O) groups excluding carboxylic acids is 1. The molecule has 30 heavy (non-hydrogen) atoms. The van der Waals surface area contributed by atoms with E-state index in [9.17, 15) is 4.79 Å². The van der Waals surface area contributed by atoms with E-state index in [4.69, 9.17) is 21.6 Å². The average molecular weight is 436 g/mol. The van der Waals surface area contributed by atoms with Crippen molar-refractivity contribution in [2.75, 3.05) is 5.75 Å². The van der Waals surface area contributed by atoms with Crippen molar-refractivity contribution in [3.05, 3.63) is 77.6 Å². The highest BCUT2D eigenvalue weighted by molar-refractivity contribution is 7.99. The predicted molar refractivity (Wildman–Crippen MR) is 121 cm³/mol. The number of aliphatic imine (C=N–C) groups is 2. The first-order valence-electron chi connectivity index (χ1n) is 9.28. The number of amides is 1. The number of thioether (sulfide) groups is 1. The van der Waals surface area contributed by atoms with Crippen molar-refractivity contribution in [2.45, 2.75) is 18.0 Å². The number of hydrogen-bond acceptors (Lipinski definition) is 6. The number of nitrogens with one attached hydrogen (secondary N) is 1. The van der Waals surface area contributed by atoms with Gasteiger partial charge in [0.2, 0.25) is 5.91 Å². The molecule has 4 rings (SSSR count). The molecule has 6 nitrogen and oxygen atoms in total. The molecule has 0 radical (unpaired) electrons. The summed E-state index contributed by atoms with van der Waals surface area (Å²) in [5.74, 6) is 0.228. The molecule has 2 aromatic carbocycles. The summed E-state index contributed by atoms with van der Waals surface area (Å²) in [6.07, 6.45) is 3.30. The van der Waals surface area contributed by atoms with Crippen LogP contribution < -0.4 is 5.32 Å². The van der Waals surface area contributed by atoms with Gasteiger partial charge in [-0.25, -0.2) is 15.0 Å². The van der Waals surface area contributed by atoms with Gasteiger partial charge in [0.1, 0.15) is 5.84 Å². The molecule has 0 fully saturated rings. The molecular formula is C22H18ClN5OS. The van der Waals surface area contributed by atoms with E-state index in [0.717, 1.165) is 17.0 Å². The molecule has 0 bridgehead atoms. The number of hydrogen-bond donors (Lipinski definition) is 1. The number of rotatable bonds is 4. The van der Waals surface area contributed by atoms with Crippen LogP contribution in [0.25, 0.3) is 0 Å². The zero-order valence-electron chi connectivity index (χ0n) is 16.1. The van der Waals surface area contributed by atoms with Crippen LogP contribution in [0.3, 0.4) is 0 Å². The van der Waals surface area contributed by atoms with Gasteiger partial charge in [0, 0.05) is 23.1 Å². The normalized spacial score (nSPS) is 15.5. The SMILES string of the molecule is CC1=Nc2ccccc2N=C(NC(=O)CSc2ncccn2)[C@@H]1c1ccc(Cl)cc1. The summed E-state index contributed by atoms with van der Waals surface area (Å²) in [6, 6.07) is 16.9. The summed E-state index contributed by atoms with van der Waals surface area (Å²) in [5.41, 5.74) is 3.26. The van der Waals surface area contributed by atoms with E-state index in [-0.39, 0.29) is 17.6 Å². The Hall–Kier alpha value is -3.03. The Kier molecular flexibility index (Phi) is 6.21. The molecule has 1 aliphatic heterocycles. The van der Waals surface area contributed by atoms with Crippen molar-refractivity contribution in [3.8, 4) is 0 Å². The molecule has 1 aromatic heterocycles. The van der Waals surface area contributed by atoms with E-state index in [1.807, 2.05) is 55.5 Å². The highest BCUT2D eigenvalue weighted by Crippen LogP contribution is 2.34. The van der Waals surface area contributed by atoms with Crippen LogP contribution in [0.1, 0.15) is 18.4 Å². The van der Waals surface area contributed by atoms with Gasteiger partial charge in [0.15, 0.2) is 5.16 Å². The lowest BCUT2D eigenvalue weighted by Crippen LogP contribution is -2.38. The van der Waals surface area contributed by atoms with E-state index < -0.39 is 0 Å². The summed E-state index contributed by atoms with van der Waals surface area (Å²) in [5, 5.41) is 4.18. The summed E-state index contributed by atoms with van der Waals surface area (Å²) in [4.78, 5) is 30.5. The summed E-state index contributed by atoms with van der Waals surface area (Å²) < 4.78 is 0. The highest BCUT2D eigenvalue weighted by atomic mass is 35.5. The van der Waals surface area contributed by atoms with Crippen molar-refractivity contribution in [1.82, 2.24) is 15.3 Å². The fourth-order valence-corrected chi connectivity index (χ4v) is 3.85. The third-order valence-electron chi connectivity index (χ3n) is 4.46. The largest absolute Gasteiger partial charge is 0.313 e. The molecule has 0 aliphatic carbocycles. The summed E-state index contributed by atoms with van der Waals surface area (Å²) >= 11 is 7.34. The first-order chi connectivity index (χ1) is 14.6. The van der Waals surface area contributed by atoms with Gasteiger partial charge in [0.05, 0.1) is 23.0 Å². The molecule has 1 aliphatic rings. The molecule has 150 valence electrons. The second-order valence-corrected chi connectivity index (χ2v) is 7.97. The highest BCUT2D eigenvalue weighted by Gasteiger charge is 2.26. The Morgan fingerprint density at radius 1 is 1.00 bits per heavy atom. The van der Waals surface area contributed by atoms with Crippen molar-refractivity contribution in [3.63, 3.8) is 0 Å². The second-order valence-electron chi connectivity index (χ2n) is 6.59. The third-order valence-corrected chi connectivity index (χ3v) is 5.58. The molecule has 0 spiro atoms. The van der Waals surface area contributed by atoms with Gasteiger partial charge < -0.3 is 5.32 Å². The first-order valence-corrected chi connectivity index (χ1v) is 10.6. The molecule has 2 heterocycles. The molecule has 1 amide bonds. The number of amidine groups is 1. The number of benzene rings is 2. The maximum absolute atomic E-state index is 12.7. The van der Waals surface area contributed by atoms with E-state index in [1.165, 1.54) is 11.8 Å². The van der Waals surface area contributed by atoms with Crippen LogP contribution in [0.4, 0.5) is 11.4 Å². The van der Waals surface area contributed by atoms with Crippen LogP contribution in [-0.2, 0) is 4.79 Å². The van der Waals surface area contributed by atoms with Gasteiger partial charge in [-0.15, -0.1) is 0 Å². The van der Waals surface area contributed by atoms with Crippen LogP contribution in [0.15, 0.2) is 82.1 Å². The zero-order chi connectivity index (χ0) is 20.9. The monoisotopic (exact) mass is 435 g/mol. The molecule has 1 atom stereocenters. The minimum atomic E-state index is -0.295. The minimum absolute atomic E-state index is 0.175. The van der Waals surface area contributed by atoms with Crippen molar-refractivity contribution >= 4 is 52.2 Å². The van der Waals surface area contributed by atoms with Crippen LogP contribution in [-0.4, -0.2) is 33.2 Å². The number of nitrogens with zero attached hydrogens (tertiary/aromatic N) is 4. The van der Waals surface area contributed by atoms with Crippen LogP contribution in [0.5, 0.6) is 0 Å². The number of carbonyl (C=O) groups is 1. The number of fused-ring (bicyclic) bond motifs is 1. The lowest BCUT2D eigenvalue weighted by atomic mass is 9.93. The zero-order valence-corrected chi connectivity index (χ0v) is 17.7. The smallest absolute Gasteiger partial charge is 0.235 e.